The predicted octanol–water partition coefficient (Wildman–Crippen LogP) is 3.80. The predicted molar refractivity (Wildman–Crippen MR) is 101 cm³/mol. The second kappa shape index (κ2) is 8.24. The Balaban J connectivity index is 2.38. The Labute approximate surface area is 159 Å². The van der Waals surface area contributed by atoms with Crippen molar-refractivity contribution in [3.05, 3.63) is 52.9 Å². The Bertz CT molecular complexity index is 861. The SMILES string of the molecule is CCN(CC)S(=O)(=O)c1cc(C(=O)N(C)C(C)c2ccco2)ccc1Cl. The number of sulfonamides is 1. The van der Waals surface area contributed by atoms with Crippen molar-refractivity contribution < 1.29 is 17.6 Å². The van der Waals surface area contributed by atoms with Gasteiger partial charge in [0.1, 0.15) is 10.7 Å². The van der Waals surface area contributed by atoms with Crippen molar-refractivity contribution in [2.45, 2.75) is 31.7 Å². The van der Waals surface area contributed by atoms with E-state index in [0.29, 0.717) is 18.8 Å². The molecule has 0 spiro atoms. The largest absolute Gasteiger partial charge is 0.467 e. The first-order chi connectivity index (χ1) is 12.2. The van der Waals surface area contributed by atoms with Crippen molar-refractivity contribution in [2.24, 2.45) is 0 Å². The molecule has 1 heterocycles. The zero-order chi connectivity index (χ0) is 19.5. The third-order valence-electron chi connectivity index (χ3n) is 4.36. The van der Waals surface area contributed by atoms with Crippen molar-refractivity contribution in [3.8, 4) is 0 Å². The maximum absolute atomic E-state index is 12.8. The maximum atomic E-state index is 12.8. The van der Waals surface area contributed by atoms with Gasteiger partial charge in [-0.1, -0.05) is 25.4 Å². The van der Waals surface area contributed by atoms with Crippen molar-refractivity contribution in [2.75, 3.05) is 20.1 Å². The molecule has 1 atom stereocenters. The summed E-state index contributed by atoms with van der Waals surface area (Å²) in [5, 5.41) is 0.0928. The number of nitrogens with zero attached hydrogens (tertiary/aromatic N) is 2. The summed E-state index contributed by atoms with van der Waals surface area (Å²) >= 11 is 6.12. The van der Waals surface area contributed by atoms with Crippen molar-refractivity contribution in [1.29, 1.82) is 0 Å². The molecule has 0 aliphatic rings. The molecule has 0 saturated carbocycles. The molecular weight excluding hydrogens is 376 g/mol. The van der Waals surface area contributed by atoms with Gasteiger partial charge < -0.3 is 9.32 Å². The fourth-order valence-electron chi connectivity index (χ4n) is 2.64. The highest BCUT2D eigenvalue weighted by atomic mass is 35.5. The highest BCUT2D eigenvalue weighted by Gasteiger charge is 2.27. The Morgan fingerprint density at radius 2 is 1.88 bits per heavy atom. The van der Waals surface area contributed by atoms with E-state index in [0.717, 1.165) is 0 Å². The monoisotopic (exact) mass is 398 g/mol. The van der Waals surface area contributed by atoms with Crippen LogP contribution in [0.25, 0.3) is 0 Å². The second-order valence-electron chi connectivity index (χ2n) is 5.84. The minimum Gasteiger partial charge on any atom is -0.467 e. The molecule has 0 aliphatic carbocycles. The number of benzene rings is 1. The van der Waals surface area contributed by atoms with Crippen LogP contribution in [0.3, 0.4) is 0 Å². The van der Waals surface area contributed by atoms with E-state index < -0.39 is 10.0 Å². The molecule has 0 N–H and O–H groups in total. The molecular formula is C18H23ClN2O4S. The third kappa shape index (κ3) is 3.95. The molecule has 2 aromatic rings. The lowest BCUT2D eigenvalue weighted by Gasteiger charge is -2.24. The summed E-state index contributed by atoms with van der Waals surface area (Å²) < 4.78 is 32.2. The zero-order valence-electron chi connectivity index (χ0n) is 15.3. The Morgan fingerprint density at radius 1 is 1.23 bits per heavy atom. The average molecular weight is 399 g/mol. The van der Waals surface area contributed by atoms with Crippen LogP contribution in [-0.2, 0) is 10.0 Å². The van der Waals surface area contributed by atoms with Gasteiger partial charge in [0, 0.05) is 25.7 Å². The number of halogens is 1. The van der Waals surface area contributed by atoms with Crippen LogP contribution in [0.5, 0.6) is 0 Å². The summed E-state index contributed by atoms with van der Waals surface area (Å²) in [4.78, 5) is 14.2. The third-order valence-corrected chi connectivity index (χ3v) is 6.89. The molecule has 0 aliphatic heterocycles. The van der Waals surface area contributed by atoms with Gasteiger partial charge in [-0.15, -0.1) is 0 Å². The molecule has 0 saturated heterocycles. The zero-order valence-corrected chi connectivity index (χ0v) is 16.8. The van der Waals surface area contributed by atoms with Crippen LogP contribution in [0.4, 0.5) is 0 Å². The molecule has 8 heteroatoms. The first-order valence-corrected chi connectivity index (χ1v) is 10.2. The van der Waals surface area contributed by atoms with Gasteiger partial charge in [-0.05, 0) is 37.3 Å². The summed E-state index contributed by atoms with van der Waals surface area (Å²) in [5.41, 5.74) is 0.251. The number of hydrogen-bond acceptors (Lipinski definition) is 4. The van der Waals surface area contributed by atoms with Gasteiger partial charge in [0.15, 0.2) is 0 Å². The molecule has 6 nitrogen and oxygen atoms in total. The van der Waals surface area contributed by atoms with Gasteiger partial charge in [-0.2, -0.15) is 4.31 Å². The fraction of sp³-hybridized carbons (Fsp3) is 0.389. The molecule has 1 unspecified atom stereocenters. The van der Waals surface area contributed by atoms with Crippen LogP contribution in [-0.4, -0.2) is 43.7 Å². The Kier molecular flexibility index (Phi) is 6.49. The van der Waals surface area contributed by atoms with Gasteiger partial charge in [0.2, 0.25) is 10.0 Å². The topological polar surface area (TPSA) is 70.8 Å². The second-order valence-corrected chi connectivity index (χ2v) is 8.16. The number of amides is 1. The molecule has 1 aromatic heterocycles. The molecule has 0 radical (unpaired) electrons. The van der Waals surface area contributed by atoms with Gasteiger partial charge in [0.05, 0.1) is 17.3 Å². The van der Waals surface area contributed by atoms with Crippen LogP contribution in [0.2, 0.25) is 5.02 Å². The molecule has 1 aromatic carbocycles. The summed E-state index contributed by atoms with van der Waals surface area (Å²) in [6, 6.07) is 7.54. The van der Waals surface area contributed by atoms with E-state index in [1.807, 2.05) is 6.92 Å². The van der Waals surface area contributed by atoms with Gasteiger partial charge >= 0.3 is 0 Å². The van der Waals surface area contributed by atoms with E-state index >= 15 is 0 Å². The Hall–Kier alpha value is -1.83. The highest BCUT2D eigenvalue weighted by molar-refractivity contribution is 7.89. The number of furan rings is 1. The smallest absolute Gasteiger partial charge is 0.254 e. The maximum Gasteiger partial charge on any atom is 0.254 e. The standard InChI is InChI=1S/C18H23ClN2O4S/c1-5-21(6-2)26(23,24)17-12-14(9-10-15(17)19)18(22)20(4)13(3)16-8-7-11-25-16/h7-13H,5-6H2,1-4H3. The highest BCUT2D eigenvalue weighted by Crippen LogP contribution is 2.28. The lowest BCUT2D eigenvalue weighted by atomic mass is 10.1. The van der Waals surface area contributed by atoms with Crippen LogP contribution in [0.1, 0.15) is 42.9 Å². The summed E-state index contributed by atoms with van der Waals surface area (Å²) in [5.74, 6) is 0.326. The molecule has 26 heavy (non-hydrogen) atoms. The normalized spacial score (nSPS) is 13.0. The molecule has 0 bridgehead atoms. The lowest BCUT2D eigenvalue weighted by Crippen LogP contribution is -2.32. The van der Waals surface area contributed by atoms with E-state index in [9.17, 15) is 13.2 Å². The quantitative estimate of drug-likeness (QED) is 0.711. The fourth-order valence-corrected chi connectivity index (χ4v) is 4.59. The van der Waals surface area contributed by atoms with Gasteiger partial charge in [-0.25, -0.2) is 8.42 Å². The molecule has 2 rings (SSSR count). The minimum absolute atomic E-state index is 0.0623. The van der Waals surface area contributed by atoms with Crippen LogP contribution in [0.15, 0.2) is 45.9 Å². The van der Waals surface area contributed by atoms with Crippen LogP contribution < -0.4 is 0 Å². The van der Waals surface area contributed by atoms with Gasteiger partial charge in [0.25, 0.3) is 5.91 Å². The van der Waals surface area contributed by atoms with E-state index in [1.165, 1.54) is 27.4 Å². The first kappa shape index (κ1) is 20.5. The van der Waals surface area contributed by atoms with Crippen LogP contribution >= 0.6 is 11.6 Å². The summed E-state index contributed by atoms with van der Waals surface area (Å²) in [6.07, 6.45) is 1.54. The Morgan fingerprint density at radius 3 is 2.42 bits per heavy atom. The van der Waals surface area contributed by atoms with E-state index in [4.69, 9.17) is 16.0 Å². The average Bonchev–Trinajstić information content (AvgIpc) is 3.15. The van der Waals surface area contributed by atoms with Crippen molar-refractivity contribution >= 4 is 27.5 Å². The van der Waals surface area contributed by atoms with Crippen molar-refractivity contribution in [1.82, 2.24) is 9.21 Å². The number of rotatable bonds is 7. The summed E-state index contributed by atoms with van der Waals surface area (Å²) in [6.45, 7) is 5.98. The van der Waals surface area contributed by atoms with E-state index in [2.05, 4.69) is 0 Å². The minimum atomic E-state index is -3.76. The molecule has 0 fully saturated rings. The lowest BCUT2D eigenvalue weighted by molar-refractivity contribution is 0.0726. The number of hydrogen-bond donors (Lipinski definition) is 0. The number of carbonyl (C=O) groups is 1. The van der Waals surface area contributed by atoms with Crippen molar-refractivity contribution in [3.63, 3.8) is 0 Å². The van der Waals surface area contributed by atoms with Gasteiger partial charge in [-0.3, -0.25) is 4.79 Å². The first-order valence-electron chi connectivity index (χ1n) is 8.34. The molecule has 1 amide bonds. The van der Waals surface area contributed by atoms with E-state index in [1.54, 1.807) is 39.3 Å². The van der Waals surface area contributed by atoms with E-state index in [-0.39, 0.29) is 27.4 Å². The number of carbonyl (C=O) groups excluding carboxylic acids is 1. The molecule has 142 valence electrons. The van der Waals surface area contributed by atoms with Crippen LogP contribution in [0, 0.1) is 0 Å². The summed E-state index contributed by atoms with van der Waals surface area (Å²) in [7, 11) is -2.12.